The van der Waals surface area contributed by atoms with E-state index in [-0.39, 0.29) is 16.3 Å². The molecular formula is C15H6BrClN4O3S. The van der Waals surface area contributed by atoms with Gasteiger partial charge < -0.3 is 0 Å². The fourth-order valence-electron chi connectivity index (χ4n) is 2.43. The average Bonchev–Trinajstić information content (AvgIpc) is 3.05. The number of rotatable bonds is 2. The molecule has 0 N–H and O–H groups in total. The smallest absolute Gasteiger partial charge is 0.267 e. The average molecular weight is 438 g/mol. The number of thiazole rings is 1. The van der Waals surface area contributed by atoms with Gasteiger partial charge in [0.2, 0.25) is 0 Å². The van der Waals surface area contributed by atoms with Crippen molar-refractivity contribution in [2.45, 2.75) is 0 Å². The van der Waals surface area contributed by atoms with E-state index in [9.17, 15) is 14.9 Å². The molecular weight excluding hydrogens is 432 g/mol. The van der Waals surface area contributed by atoms with Gasteiger partial charge in [0.05, 0.1) is 9.46 Å². The highest BCUT2D eigenvalue weighted by Gasteiger charge is 2.14. The summed E-state index contributed by atoms with van der Waals surface area (Å²) in [6.07, 6.45) is 3.18. The normalized spacial score (nSPS) is 12.3. The van der Waals surface area contributed by atoms with E-state index in [1.54, 1.807) is 24.4 Å². The standard InChI is InChI=1S/C15H6BrClN4O3S/c16-8-5-10-13(18-6-8)20-14(22)12(25-15(20)19-10)4-7-1-2-9(17)11(3-7)21(23)24/h1-6H. The molecule has 3 aromatic heterocycles. The molecule has 4 rings (SSSR count). The van der Waals surface area contributed by atoms with Crippen molar-refractivity contribution in [3.8, 4) is 0 Å². The van der Waals surface area contributed by atoms with E-state index in [2.05, 4.69) is 25.9 Å². The van der Waals surface area contributed by atoms with Gasteiger partial charge in [0.1, 0.15) is 10.5 Å². The van der Waals surface area contributed by atoms with Crippen LogP contribution in [-0.2, 0) is 0 Å². The Labute approximate surface area is 156 Å². The molecule has 0 spiro atoms. The van der Waals surface area contributed by atoms with Gasteiger partial charge in [-0.1, -0.05) is 29.0 Å². The Hall–Kier alpha value is -2.36. The summed E-state index contributed by atoms with van der Waals surface area (Å²) in [6.45, 7) is 0. The molecule has 0 unspecified atom stereocenters. The summed E-state index contributed by atoms with van der Waals surface area (Å²) >= 11 is 10.3. The van der Waals surface area contributed by atoms with E-state index in [1.165, 1.54) is 27.9 Å². The van der Waals surface area contributed by atoms with Crippen molar-refractivity contribution in [2.75, 3.05) is 0 Å². The molecule has 0 aliphatic heterocycles. The van der Waals surface area contributed by atoms with Crippen LogP contribution in [0.3, 0.4) is 0 Å². The van der Waals surface area contributed by atoms with Crippen molar-refractivity contribution in [1.82, 2.24) is 14.4 Å². The van der Waals surface area contributed by atoms with Crippen molar-refractivity contribution in [2.24, 2.45) is 0 Å². The number of aromatic nitrogens is 3. The maximum atomic E-state index is 12.7. The summed E-state index contributed by atoms with van der Waals surface area (Å²) in [5.41, 5.74) is 1.13. The molecule has 0 saturated heterocycles. The quantitative estimate of drug-likeness (QED) is 0.355. The largest absolute Gasteiger partial charge is 0.288 e. The molecule has 1 aromatic carbocycles. The summed E-state index contributed by atoms with van der Waals surface area (Å²) in [6, 6.07) is 6.17. The van der Waals surface area contributed by atoms with Crippen molar-refractivity contribution in [3.05, 3.63) is 70.5 Å². The van der Waals surface area contributed by atoms with Crippen molar-refractivity contribution < 1.29 is 4.92 Å². The first-order valence-electron chi connectivity index (χ1n) is 6.86. The maximum absolute atomic E-state index is 12.7. The third kappa shape index (κ3) is 2.70. The van der Waals surface area contributed by atoms with E-state index < -0.39 is 4.92 Å². The predicted molar refractivity (Wildman–Crippen MR) is 99.2 cm³/mol. The van der Waals surface area contributed by atoms with Crippen LogP contribution in [0.4, 0.5) is 5.69 Å². The van der Waals surface area contributed by atoms with Crippen LogP contribution in [0, 0.1) is 10.1 Å². The number of halogens is 2. The summed E-state index contributed by atoms with van der Waals surface area (Å²) in [5, 5.41) is 11.0. The molecule has 7 nitrogen and oxygen atoms in total. The van der Waals surface area contributed by atoms with Crippen LogP contribution in [-0.4, -0.2) is 19.3 Å². The van der Waals surface area contributed by atoms with Crippen molar-refractivity contribution in [1.29, 1.82) is 0 Å². The van der Waals surface area contributed by atoms with Crippen LogP contribution in [0.5, 0.6) is 0 Å². The van der Waals surface area contributed by atoms with E-state index in [0.29, 0.717) is 26.2 Å². The minimum atomic E-state index is -0.561. The lowest BCUT2D eigenvalue weighted by Crippen LogP contribution is -2.22. The van der Waals surface area contributed by atoms with Crippen molar-refractivity contribution >= 4 is 66.8 Å². The highest BCUT2D eigenvalue weighted by atomic mass is 79.9. The lowest BCUT2D eigenvalue weighted by atomic mass is 10.2. The second kappa shape index (κ2) is 5.87. The Balaban J connectivity index is 1.94. The number of hydrogen-bond donors (Lipinski definition) is 0. The molecule has 4 aromatic rings. The lowest BCUT2D eigenvalue weighted by Gasteiger charge is -1.96. The zero-order valence-electron chi connectivity index (χ0n) is 12.1. The summed E-state index contributed by atoms with van der Waals surface area (Å²) in [5.74, 6) is 0. The Morgan fingerprint density at radius 3 is 2.92 bits per heavy atom. The first-order valence-corrected chi connectivity index (χ1v) is 8.85. The van der Waals surface area contributed by atoms with E-state index in [1.807, 2.05) is 0 Å². The molecule has 0 aliphatic carbocycles. The van der Waals surface area contributed by atoms with Crippen LogP contribution < -0.4 is 10.1 Å². The first-order chi connectivity index (χ1) is 11.9. The topological polar surface area (TPSA) is 90.4 Å². The number of nitro groups is 1. The minimum Gasteiger partial charge on any atom is -0.267 e. The van der Waals surface area contributed by atoms with Gasteiger partial charge in [0.25, 0.3) is 11.2 Å². The molecule has 0 saturated carbocycles. The van der Waals surface area contributed by atoms with Gasteiger partial charge in [0, 0.05) is 16.7 Å². The first kappa shape index (κ1) is 16.1. The summed E-state index contributed by atoms with van der Waals surface area (Å²) in [7, 11) is 0. The number of pyridine rings is 1. The van der Waals surface area contributed by atoms with Crippen LogP contribution in [0.2, 0.25) is 5.02 Å². The third-order valence-corrected chi connectivity index (χ3v) is 5.23. The number of fused-ring (bicyclic) bond motifs is 3. The number of hydrogen-bond acceptors (Lipinski definition) is 6. The minimum absolute atomic E-state index is 0.0475. The zero-order chi connectivity index (χ0) is 17.7. The fraction of sp³-hybridized carbons (Fsp3) is 0. The molecule has 0 fully saturated rings. The monoisotopic (exact) mass is 436 g/mol. The van der Waals surface area contributed by atoms with Crippen LogP contribution >= 0.6 is 38.9 Å². The van der Waals surface area contributed by atoms with E-state index in [0.717, 1.165) is 4.47 Å². The third-order valence-electron chi connectivity index (χ3n) is 3.51. The van der Waals surface area contributed by atoms with Gasteiger partial charge in [-0.2, -0.15) is 0 Å². The second-order valence-corrected chi connectivity index (χ2v) is 7.44. The molecule has 0 radical (unpaired) electrons. The van der Waals surface area contributed by atoms with Gasteiger partial charge in [-0.05, 0) is 39.7 Å². The predicted octanol–water partition coefficient (Wildman–Crippen LogP) is 3.18. The number of benzene rings is 1. The van der Waals surface area contributed by atoms with Crippen LogP contribution in [0.25, 0.3) is 22.2 Å². The van der Waals surface area contributed by atoms with Gasteiger partial charge in [-0.15, -0.1) is 0 Å². The second-order valence-electron chi connectivity index (χ2n) is 5.11. The summed E-state index contributed by atoms with van der Waals surface area (Å²) in [4.78, 5) is 32.2. The van der Waals surface area contributed by atoms with Crippen LogP contribution in [0.1, 0.15) is 5.56 Å². The lowest BCUT2D eigenvalue weighted by molar-refractivity contribution is -0.384. The van der Waals surface area contributed by atoms with Gasteiger partial charge in [-0.3, -0.25) is 14.9 Å². The number of imidazole rings is 1. The fourth-order valence-corrected chi connectivity index (χ4v) is 3.91. The Kier molecular flexibility index (Phi) is 3.78. The Morgan fingerprint density at radius 1 is 1.36 bits per heavy atom. The highest BCUT2D eigenvalue weighted by molar-refractivity contribution is 9.10. The summed E-state index contributed by atoms with van der Waals surface area (Å²) < 4.78 is 2.62. The Morgan fingerprint density at radius 2 is 2.16 bits per heavy atom. The van der Waals surface area contributed by atoms with Gasteiger partial charge >= 0.3 is 0 Å². The molecule has 25 heavy (non-hydrogen) atoms. The SMILES string of the molecule is O=c1c(=Cc2ccc(Cl)c([N+](=O)[O-])c2)sc2nc3cc(Br)cnc3n12. The van der Waals surface area contributed by atoms with E-state index >= 15 is 0 Å². The molecule has 3 heterocycles. The van der Waals surface area contributed by atoms with E-state index in [4.69, 9.17) is 11.6 Å². The molecule has 0 aliphatic rings. The van der Waals surface area contributed by atoms with Gasteiger partial charge in [0.15, 0.2) is 10.6 Å². The van der Waals surface area contributed by atoms with Crippen LogP contribution in [0.15, 0.2) is 39.7 Å². The number of nitrogens with zero attached hydrogens (tertiary/aromatic N) is 4. The highest BCUT2D eigenvalue weighted by Crippen LogP contribution is 2.25. The molecule has 124 valence electrons. The molecule has 0 amide bonds. The molecule has 0 bridgehead atoms. The van der Waals surface area contributed by atoms with Crippen molar-refractivity contribution in [3.63, 3.8) is 0 Å². The van der Waals surface area contributed by atoms with Gasteiger partial charge in [-0.25, -0.2) is 14.4 Å². The zero-order valence-corrected chi connectivity index (χ0v) is 15.3. The Bertz CT molecular complexity index is 1280. The maximum Gasteiger partial charge on any atom is 0.288 e. The molecule has 10 heteroatoms. The number of nitro benzene ring substituents is 1. The molecule has 0 atom stereocenters.